The molecule has 0 bridgehead atoms. The van der Waals surface area contributed by atoms with Crippen molar-refractivity contribution in [1.82, 2.24) is 19.7 Å². The van der Waals surface area contributed by atoms with Crippen molar-refractivity contribution < 1.29 is 0 Å². The molecule has 0 amide bonds. The van der Waals surface area contributed by atoms with Crippen molar-refractivity contribution in [2.24, 2.45) is 0 Å². The molecule has 0 aliphatic carbocycles. The van der Waals surface area contributed by atoms with E-state index in [0.29, 0.717) is 6.54 Å². The number of benzene rings is 1. The third-order valence-corrected chi connectivity index (χ3v) is 2.94. The van der Waals surface area contributed by atoms with E-state index in [1.807, 2.05) is 30.3 Å². The lowest BCUT2D eigenvalue weighted by atomic mass is 10.2. The second-order valence-corrected chi connectivity index (χ2v) is 4.47. The van der Waals surface area contributed by atoms with Gasteiger partial charge in [0, 0.05) is 11.9 Å². The second-order valence-electron chi connectivity index (χ2n) is 4.47. The van der Waals surface area contributed by atoms with Gasteiger partial charge in [0.1, 0.15) is 12.7 Å². The molecule has 0 unspecified atom stereocenters. The van der Waals surface area contributed by atoms with E-state index in [0.717, 1.165) is 17.9 Å². The van der Waals surface area contributed by atoms with Gasteiger partial charge in [-0.2, -0.15) is 5.10 Å². The van der Waals surface area contributed by atoms with E-state index in [4.69, 9.17) is 0 Å². The fraction of sp³-hybridized carbons (Fsp3) is 0.133. The molecular weight excluding hydrogens is 250 g/mol. The number of nitrogens with zero attached hydrogens (tertiary/aromatic N) is 4. The first-order chi connectivity index (χ1) is 9.90. The summed E-state index contributed by atoms with van der Waals surface area (Å²) in [6.45, 7) is 1.44. The molecule has 0 radical (unpaired) electrons. The molecule has 0 saturated carbocycles. The predicted molar refractivity (Wildman–Crippen MR) is 77.1 cm³/mol. The first kappa shape index (κ1) is 12.3. The highest BCUT2D eigenvalue weighted by molar-refractivity contribution is 5.46. The van der Waals surface area contributed by atoms with E-state index in [-0.39, 0.29) is 0 Å². The van der Waals surface area contributed by atoms with Crippen molar-refractivity contribution in [2.45, 2.75) is 13.1 Å². The van der Waals surface area contributed by atoms with Crippen LogP contribution >= 0.6 is 0 Å². The summed E-state index contributed by atoms with van der Waals surface area (Å²) >= 11 is 0. The molecule has 0 spiro atoms. The maximum Gasteiger partial charge on any atom is 0.137 e. The van der Waals surface area contributed by atoms with E-state index >= 15 is 0 Å². The van der Waals surface area contributed by atoms with Crippen molar-refractivity contribution in [3.05, 3.63) is 72.6 Å². The van der Waals surface area contributed by atoms with E-state index < -0.39 is 0 Å². The van der Waals surface area contributed by atoms with Crippen LogP contribution in [0.3, 0.4) is 0 Å². The Kier molecular flexibility index (Phi) is 3.68. The fourth-order valence-corrected chi connectivity index (χ4v) is 1.98. The molecule has 0 atom stereocenters. The Morgan fingerprint density at radius 2 is 2.10 bits per heavy atom. The van der Waals surface area contributed by atoms with Crippen LogP contribution in [0.1, 0.15) is 11.3 Å². The smallest absolute Gasteiger partial charge is 0.137 e. The topological polar surface area (TPSA) is 55.6 Å². The first-order valence-electron chi connectivity index (χ1n) is 6.45. The molecule has 0 aliphatic rings. The summed E-state index contributed by atoms with van der Waals surface area (Å²) in [4.78, 5) is 8.24. The lowest BCUT2D eigenvalue weighted by Gasteiger charge is -2.08. The SMILES string of the molecule is c1ccc(CNc2cccc(Cn3cncn3)c2)nc1. The van der Waals surface area contributed by atoms with Gasteiger partial charge in [0.15, 0.2) is 0 Å². The zero-order valence-corrected chi connectivity index (χ0v) is 11.0. The van der Waals surface area contributed by atoms with Crippen LogP contribution in [0.2, 0.25) is 0 Å². The van der Waals surface area contributed by atoms with E-state index in [1.54, 1.807) is 23.5 Å². The minimum Gasteiger partial charge on any atom is -0.379 e. The average molecular weight is 265 g/mol. The van der Waals surface area contributed by atoms with Gasteiger partial charge in [0.05, 0.1) is 18.8 Å². The van der Waals surface area contributed by atoms with Gasteiger partial charge < -0.3 is 5.32 Å². The van der Waals surface area contributed by atoms with E-state index in [1.165, 1.54) is 5.56 Å². The first-order valence-corrected chi connectivity index (χ1v) is 6.45. The third-order valence-electron chi connectivity index (χ3n) is 2.94. The highest BCUT2D eigenvalue weighted by atomic mass is 15.3. The Bertz CT molecular complexity index is 649. The van der Waals surface area contributed by atoms with Crippen LogP contribution in [-0.2, 0) is 13.1 Å². The van der Waals surface area contributed by atoms with Crippen molar-refractivity contribution in [3.63, 3.8) is 0 Å². The minimum atomic E-state index is 0.716. The van der Waals surface area contributed by atoms with Gasteiger partial charge in [0.25, 0.3) is 0 Å². The van der Waals surface area contributed by atoms with Gasteiger partial charge in [-0.1, -0.05) is 18.2 Å². The molecule has 5 nitrogen and oxygen atoms in total. The summed E-state index contributed by atoms with van der Waals surface area (Å²) in [5, 5.41) is 7.48. The van der Waals surface area contributed by atoms with Crippen molar-refractivity contribution >= 4 is 5.69 Å². The van der Waals surface area contributed by atoms with Crippen LogP contribution in [-0.4, -0.2) is 19.7 Å². The molecule has 0 saturated heterocycles. The third kappa shape index (κ3) is 3.20. The summed E-state index contributed by atoms with van der Waals surface area (Å²) < 4.78 is 1.80. The fourth-order valence-electron chi connectivity index (χ4n) is 1.98. The van der Waals surface area contributed by atoms with Crippen LogP contribution in [0.4, 0.5) is 5.69 Å². The summed E-state index contributed by atoms with van der Waals surface area (Å²) in [7, 11) is 0. The predicted octanol–water partition coefficient (Wildman–Crippen LogP) is 2.33. The Hall–Kier alpha value is -2.69. The highest BCUT2D eigenvalue weighted by Crippen LogP contribution is 2.12. The Morgan fingerprint density at radius 3 is 2.90 bits per heavy atom. The monoisotopic (exact) mass is 265 g/mol. The Morgan fingerprint density at radius 1 is 1.10 bits per heavy atom. The van der Waals surface area contributed by atoms with E-state index in [9.17, 15) is 0 Å². The number of hydrogen-bond donors (Lipinski definition) is 1. The van der Waals surface area contributed by atoms with E-state index in [2.05, 4.69) is 32.5 Å². The number of hydrogen-bond acceptors (Lipinski definition) is 4. The Balaban J connectivity index is 1.65. The minimum absolute atomic E-state index is 0.716. The molecule has 20 heavy (non-hydrogen) atoms. The van der Waals surface area contributed by atoms with Crippen molar-refractivity contribution in [1.29, 1.82) is 0 Å². The maximum absolute atomic E-state index is 4.29. The van der Waals surface area contributed by atoms with Crippen LogP contribution < -0.4 is 5.32 Å². The van der Waals surface area contributed by atoms with Crippen LogP contribution in [0.15, 0.2) is 61.3 Å². The van der Waals surface area contributed by atoms with Gasteiger partial charge in [-0.3, -0.25) is 4.98 Å². The molecule has 0 fully saturated rings. The Labute approximate surface area is 117 Å². The molecule has 1 aromatic carbocycles. The highest BCUT2D eigenvalue weighted by Gasteiger charge is 1.99. The summed E-state index contributed by atoms with van der Waals surface area (Å²) in [5.74, 6) is 0. The number of nitrogens with one attached hydrogen (secondary N) is 1. The molecule has 2 heterocycles. The zero-order chi connectivity index (χ0) is 13.6. The molecule has 1 N–H and O–H groups in total. The lowest BCUT2D eigenvalue weighted by Crippen LogP contribution is -2.03. The summed E-state index contributed by atoms with van der Waals surface area (Å²) in [6, 6.07) is 14.2. The van der Waals surface area contributed by atoms with Gasteiger partial charge in [0.2, 0.25) is 0 Å². The quantitative estimate of drug-likeness (QED) is 0.769. The van der Waals surface area contributed by atoms with Gasteiger partial charge in [-0.05, 0) is 29.8 Å². The van der Waals surface area contributed by atoms with Crippen molar-refractivity contribution in [2.75, 3.05) is 5.32 Å². The lowest BCUT2D eigenvalue weighted by molar-refractivity contribution is 0.685. The number of aromatic nitrogens is 4. The van der Waals surface area contributed by atoms with Gasteiger partial charge in [-0.25, -0.2) is 9.67 Å². The number of pyridine rings is 1. The van der Waals surface area contributed by atoms with Crippen molar-refractivity contribution in [3.8, 4) is 0 Å². The van der Waals surface area contributed by atoms with Crippen LogP contribution in [0.25, 0.3) is 0 Å². The molecule has 100 valence electrons. The average Bonchev–Trinajstić information content (AvgIpc) is 3.00. The normalized spacial score (nSPS) is 10.4. The molecular formula is C15H15N5. The standard InChI is InChI=1S/C15H15N5/c1-2-7-17-15(5-1)9-18-14-6-3-4-13(8-14)10-20-12-16-11-19-20/h1-8,11-12,18H,9-10H2. The largest absolute Gasteiger partial charge is 0.379 e. The van der Waals surface area contributed by atoms with Crippen LogP contribution in [0.5, 0.6) is 0 Å². The molecule has 0 aliphatic heterocycles. The second kappa shape index (κ2) is 5.97. The zero-order valence-electron chi connectivity index (χ0n) is 11.0. The number of rotatable bonds is 5. The maximum atomic E-state index is 4.29. The summed E-state index contributed by atoms with van der Waals surface area (Å²) in [6.07, 6.45) is 5.06. The summed E-state index contributed by atoms with van der Waals surface area (Å²) in [5.41, 5.74) is 3.28. The molecule has 5 heteroatoms. The molecule has 2 aromatic heterocycles. The van der Waals surface area contributed by atoms with Gasteiger partial charge >= 0.3 is 0 Å². The van der Waals surface area contributed by atoms with Gasteiger partial charge in [-0.15, -0.1) is 0 Å². The van der Waals surface area contributed by atoms with Crippen LogP contribution in [0, 0.1) is 0 Å². The molecule has 3 rings (SSSR count). The number of anilines is 1. The molecule has 3 aromatic rings.